The topological polar surface area (TPSA) is 151 Å². The maximum Gasteiger partial charge on any atom is 0.387 e. The Labute approximate surface area is 210 Å². The summed E-state index contributed by atoms with van der Waals surface area (Å²) < 4.78 is 35.6. The Morgan fingerprint density at radius 3 is 2.32 bits per heavy atom. The molecule has 0 fully saturated rings. The van der Waals surface area contributed by atoms with Gasteiger partial charge in [0, 0.05) is 23.2 Å². The van der Waals surface area contributed by atoms with Gasteiger partial charge in [-0.05, 0) is 43.7 Å². The highest BCUT2D eigenvalue weighted by molar-refractivity contribution is 6.03. The lowest BCUT2D eigenvalue weighted by atomic mass is 10.0. The molecule has 0 saturated heterocycles. The number of nitrogens with two attached hydrogens (primary N) is 2. The van der Waals surface area contributed by atoms with Crippen LogP contribution in [-0.2, 0) is 11.2 Å². The molecule has 192 valence electrons. The highest BCUT2D eigenvalue weighted by Gasteiger charge is 2.22. The van der Waals surface area contributed by atoms with Crippen LogP contribution in [0.4, 0.5) is 20.5 Å². The highest BCUT2D eigenvalue weighted by atomic mass is 19.3. The first-order valence-electron chi connectivity index (χ1n) is 11.2. The molecule has 0 spiro atoms. The van der Waals surface area contributed by atoms with Crippen LogP contribution in [0.5, 0.6) is 5.75 Å². The van der Waals surface area contributed by atoms with E-state index in [1.165, 1.54) is 22.9 Å². The molecule has 4 aromatic rings. The Balaban J connectivity index is 1.42. The van der Waals surface area contributed by atoms with Gasteiger partial charge < -0.3 is 20.7 Å². The number of amides is 2. The van der Waals surface area contributed by atoms with E-state index >= 15 is 0 Å². The second-order valence-electron chi connectivity index (χ2n) is 8.41. The van der Waals surface area contributed by atoms with Crippen LogP contribution in [0.3, 0.4) is 0 Å². The Morgan fingerprint density at radius 1 is 1.08 bits per heavy atom. The summed E-state index contributed by atoms with van der Waals surface area (Å²) in [4.78, 5) is 24.5. The van der Waals surface area contributed by atoms with Crippen LogP contribution in [-0.4, -0.2) is 33.4 Å². The van der Waals surface area contributed by atoms with Crippen molar-refractivity contribution in [3.05, 3.63) is 65.7 Å². The molecule has 5 N–H and O–H groups in total. The Kier molecular flexibility index (Phi) is 7.18. The minimum absolute atomic E-state index is 0.0179. The zero-order valence-electron chi connectivity index (χ0n) is 19.9. The van der Waals surface area contributed by atoms with Crippen LogP contribution in [0.25, 0.3) is 22.5 Å². The summed E-state index contributed by atoms with van der Waals surface area (Å²) in [7, 11) is 0. The molecule has 0 aliphatic heterocycles. The summed E-state index contributed by atoms with van der Waals surface area (Å²) in [5, 5.41) is 11.0. The Hall–Kier alpha value is -4.74. The standard InChI is InChI=1S/C25H24F2N6O4/c1-13(2)33-23(28)21(24(29)35)22(31-33)16-5-3-14(4-6-16)11-19(34)30-20-12-18(32-37-20)15-7-9-17(10-8-15)36-25(26)27/h3-10,12-13,25H,11,28H2,1-2H3,(H2,29,35)(H,30,34). The smallest absolute Gasteiger partial charge is 0.387 e. The number of aromatic nitrogens is 3. The summed E-state index contributed by atoms with van der Waals surface area (Å²) >= 11 is 0. The number of nitrogens with zero attached hydrogens (tertiary/aromatic N) is 3. The average Bonchev–Trinajstić information content (AvgIpc) is 3.44. The monoisotopic (exact) mass is 510 g/mol. The van der Waals surface area contributed by atoms with E-state index in [1.807, 2.05) is 13.8 Å². The van der Waals surface area contributed by atoms with Gasteiger partial charge in [-0.25, -0.2) is 4.68 Å². The molecule has 0 saturated carbocycles. The molecule has 12 heteroatoms. The molecule has 2 heterocycles. The van der Waals surface area contributed by atoms with Crippen LogP contribution >= 0.6 is 0 Å². The van der Waals surface area contributed by atoms with Crippen LogP contribution in [0.15, 0.2) is 59.1 Å². The number of hydrogen-bond donors (Lipinski definition) is 3. The van der Waals surface area contributed by atoms with E-state index in [2.05, 4.69) is 20.3 Å². The predicted octanol–water partition coefficient (Wildman–Crippen LogP) is 4.25. The number of anilines is 2. The first-order chi connectivity index (χ1) is 17.6. The lowest BCUT2D eigenvalue weighted by Crippen LogP contribution is -2.15. The van der Waals surface area contributed by atoms with Gasteiger partial charge in [0.2, 0.25) is 11.8 Å². The van der Waals surface area contributed by atoms with E-state index in [0.29, 0.717) is 28.1 Å². The van der Waals surface area contributed by atoms with E-state index in [4.69, 9.17) is 16.0 Å². The molecule has 0 atom stereocenters. The second kappa shape index (κ2) is 10.5. The number of rotatable bonds is 9. The van der Waals surface area contributed by atoms with E-state index < -0.39 is 12.5 Å². The molecule has 0 aliphatic carbocycles. The van der Waals surface area contributed by atoms with Crippen molar-refractivity contribution in [1.82, 2.24) is 14.9 Å². The first-order valence-corrected chi connectivity index (χ1v) is 11.2. The third-order valence-electron chi connectivity index (χ3n) is 5.42. The largest absolute Gasteiger partial charge is 0.435 e. The average molecular weight is 511 g/mol. The zero-order valence-corrected chi connectivity index (χ0v) is 19.9. The highest BCUT2D eigenvalue weighted by Crippen LogP contribution is 2.29. The van der Waals surface area contributed by atoms with Crippen molar-refractivity contribution in [2.45, 2.75) is 32.9 Å². The normalized spacial score (nSPS) is 11.2. The van der Waals surface area contributed by atoms with Gasteiger partial charge in [-0.2, -0.15) is 13.9 Å². The van der Waals surface area contributed by atoms with Crippen molar-refractivity contribution in [3.8, 4) is 28.3 Å². The molecule has 2 amide bonds. The fourth-order valence-corrected chi connectivity index (χ4v) is 3.71. The van der Waals surface area contributed by atoms with Crippen LogP contribution in [0.2, 0.25) is 0 Å². The number of hydrogen-bond acceptors (Lipinski definition) is 7. The Bertz CT molecular complexity index is 1410. The number of nitrogen functional groups attached to an aromatic ring is 1. The van der Waals surface area contributed by atoms with Crippen molar-refractivity contribution < 1.29 is 27.6 Å². The second-order valence-corrected chi connectivity index (χ2v) is 8.41. The lowest BCUT2D eigenvalue weighted by molar-refractivity contribution is -0.115. The fraction of sp³-hybridized carbons (Fsp3) is 0.200. The number of halogens is 2. The van der Waals surface area contributed by atoms with Gasteiger partial charge in [-0.3, -0.25) is 14.9 Å². The minimum Gasteiger partial charge on any atom is -0.435 e. The molecule has 4 rings (SSSR count). The van der Waals surface area contributed by atoms with Gasteiger partial charge in [-0.1, -0.05) is 29.4 Å². The molecule has 2 aromatic heterocycles. The van der Waals surface area contributed by atoms with Gasteiger partial charge in [0.15, 0.2) is 0 Å². The van der Waals surface area contributed by atoms with Crippen molar-refractivity contribution >= 4 is 23.5 Å². The quantitative estimate of drug-likeness (QED) is 0.304. The van der Waals surface area contributed by atoms with E-state index in [1.54, 1.807) is 36.4 Å². The van der Waals surface area contributed by atoms with Crippen molar-refractivity contribution in [2.75, 3.05) is 11.1 Å². The third kappa shape index (κ3) is 5.74. The number of nitrogens with one attached hydrogen (secondary N) is 1. The SMILES string of the molecule is CC(C)n1nc(-c2ccc(CC(=O)Nc3cc(-c4ccc(OC(F)F)cc4)no3)cc2)c(C(N)=O)c1N. The van der Waals surface area contributed by atoms with Crippen LogP contribution in [0.1, 0.15) is 35.8 Å². The van der Waals surface area contributed by atoms with Gasteiger partial charge in [0.05, 0.1) is 6.42 Å². The molecular weight excluding hydrogens is 486 g/mol. The first kappa shape index (κ1) is 25.4. The number of ether oxygens (including phenoxy) is 1. The number of benzene rings is 2. The van der Waals surface area contributed by atoms with Gasteiger partial charge >= 0.3 is 6.61 Å². The van der Waals surface area contributed by atoms with Crippen molar-refractivity contribution in [2.24, 2.45) is 5.73 Å². The fourth-order valence-electron chi connectivity index (χ4n) is 3.71. The molecule has 0 aliphatic rings. The number of alkyl halides is 2. The molecule has 0 unspecified atom stereocenters. The number of carbonyl (C=O) groups is 2. The van der Waals surface area contributed by atoms with Crippen molar-refractivity contribution in [1.29, 1.82) is 0 Å². The third-order valence-corrected chi connectivity index (χ3v) is 5.42. The summed E-state index contributed by atoms with van der Waals surface area (Å²) in [5.41, 5.74) is 14.5. The summed E-state index contributed by atoms with van der Waals surface area (Å²) in [5.74, 6) is -0.673. The van der Waals surface area contributed by atoms with Gasteiger partial charge in [0.25, 0.3) is 5.91 Å². The minimum atomic E-state index is -2.91. The molecule has 2 aromatic carbocycles. The van der Waals surface area contributed by atoms with Crippen LogP contribution in [0, 0.1) is 0 Å². The van der Waals surface area contributed by atoms with E-state index in [-0.39, 0.29) is 41.4 Å². The molecule has 0 radical (unpaired) electrons. The summed E-state index contributed by atoms with van der Waals surface area (Å²) in [6.45, 7) is 0.864. The van der Waals surface area contributed by atoms with Crippen molar-refractivity contribution in [3.63, 3.8) is 0 Å². The predicted molar refractivity (Wildman–Crippen MR) is 132 cm³/mol. The molecule has 37 heavy (non-hydrogen) atoms. The maximum atomic E-state index is 12.5. The number of primary amides is 1. The molecular formula is C25H24F2N6O4. The lowest BCUT2D eigenvalue weighted by Gasteiger charge is -2.07. The number of carbonyl (C=O) groups excluding carboxylic acids is 2. The van der Waals surface area contributed by atoms with Crippen LogP contribution < -0.4 is 21.5 Å². The maximum absolute atomic E-state index is 12.5. The summed E-state index contributed by atoms with van der Waals surface area (Å²) in [6, 6.07) is 14.2. The molecule has 0 bridgehead atoms. The Morgan fingerprint density at radius 2 is 1.73 bits per heavy atom. The summed E-state index contributed by atoms with van der Waals surface area (Å²) in [6.07, 6.45) is 0.0429. The van der Waals surface area contributed by atoms with E-state index in [9.17, 15) is 18.4 Å². The zero-order chi connectivity index (χ0) is 26.7. The van der Waals surface area contributed by atoms with E-state index in [0.717, 1.165) is 0 Å². The van der Waals surface area contributed by atoms with Gasteiger partial charge in [0.1, 0.15) is 28.5 Å². The van der Waals surface area contributed by atoms with Gasteiger partial charge in [-0.15, -0.1) is 0 Å². The molecule has 10 nitrogen and oxygen atoms in total.